The fourth-order valence-corrected chi connectivity index (χ4v) is 0.792. The maximum Gasteiger partial charge on any atom is 0.253 e. The predicted octanol–water partition coefficient (Wildman–Crippen LogP) is -0.281. The monoisotopic (exact) mass is 139 g/mol. The summed E-state index contributed by atoms with van der Waals surface area (Å²) in [6, 6.07) is 0. The summed E-state index contributed by atoms with van der Waals surface area (Å²) in [6.07, 6.45) is 6.74. The Balaban J connectivity index is 2.80. The van der Waals surface area contributed by atoms with E-state index in [4.69, 9.17) is 5.73 Å². The maximum absolute atomic E-state index is 10.6. The standard InChI is InChI=1S/C7H9NO2/c8-6(9)7(10)4-2-1-3-5-7/h1-4,10H,5H2,(H2,8,9). The van der Waals surface area contributed by atoms with Crippen molar-refractivity contribution in [2.45, 2.75) is 12.0 Å². The highest BCUT2D eigenvalue weighted by Crippen LogP contribution is 2.15. The van der Waals surface area contributed by atoms with Gasteiger partial charge in [0.1, 0.15) is 0 Å². The van der Waals surface area contributed by atoms with Crippen LogP contribution in [-0.2, 0) is 4.79 Å². The highest BCUT2D eigenvalue weighted by Gasteiger charge is 2.29. The molecule has 1 amide bonds. The Bertz CT molecular complexity index is 208. The van der Waals surface area contributed by atoms with Gasteiger partial charge in [-0.3, -0.25) is 4.79 Å². The van der Waals surface area contributed by atoms with E-state index >= 15 is 0 Å². The summed E-state index contributed by atoms with van der Waals surface area (Å²) in [5.74, 6) is -0.701. The van der Waals surface area contributed by atoms with E-state index < -0.39 is 11.5 Å². The van der Waals surface area contributed by atoms with Crippen LogP contribution < -0.4 is 5.73 Å². The van der Waals surface area contributed by atoms with Crippen molar-refractivity contribution in [1.29, 1.82) is 0 Å². The first-order valence-corrected chi connectivity index (χ1v) is 3.02. The van der Waals surface area contributed by atoms with Crippen molar-refractivity contribution < 1.29 is 9.90 Å². The Labute approximate surface area is 58.8 Å². The van der Waals surface area contributed by atoms with E-state index in [1.165, 1.54) is 6.08 Å². The Morgan fingerprint density at radius 3 is 2.60 bits per heavy atom. The van der Waals surface area contributed by atoms with Crippen molar-refractivity contribution in [2.75, 3.05) is 0 Å². The van der Waals surface area contributed by atoms with Gasteiger partial charge >= 0.3 is 0 Å². The summed E-state index contributed by atoms with van der Waals surface area (Å²) in [6.45, 7) is 0. The molecule has 0 aromatic heterocycles. The number of nitrogens with two attached hydrogens (primary N) is 1. The van der Waals surface area contributed by atoms with Crippen molar-refractivity contribution in [3.63, 3.8) is 0 Å². The average molecular weight is 139 g/mol. The van der Waals surface area contributed by atoms with Crippen molar-refractivity contribution in [1.82, 2.24) is 0 Å². The molecule has 1 aliphatic rings. The first kappa shape index (κ1) is 7.02. The van der Waals surface area contributed by atoms with E-state index in [1.807, 2.05) is 0 Å². The van der Waals surface area contributed by atoms with E-state index in [0.29, 0.717) is 0 Å². The lowest BCUT2D eigenvalue weighted by Gasteiger charge is -2.19. The van der Waals surface area contributed by atoms with Crippen molar-refractivity contribution in [3.05, 3.63) is 24.3 Å². The second kappa shape index (κ2) is 2.27. The van der Waals surface area contributed by atoms with Crippen LogP contribution in [0.3, 0.4) is 0 Å². The smallest absolute Gasteiger partial charge is 0.253 e. The number of allylic oxidation sites excluding steroid dienone is 2. The molecule has 0 fully saturated rings. The molecule has 1 aliphatic carbocycles. The second-order valence-corrected chi connectivity index (χ2v) is 2.28. The fourth-order valence-electron chi connectivity index (χ4n) is 0.792. The van der Waals surface area contributed by atoms with E-state index in [-0.39, 0.29) is 6.42 Å². The summed E-state index contributed by atoms with van der Waals surface area (Å²) in [7, 11) is 0. The average Bonchev–Trinajstić information content (AvgIpc) is 1.89. The number of carbonyl (C=O) groups excluding carboxylic acids is 1. The van der Waals surface area contributed by atoms with Crippen LogP contribution in [0.5, 0.6) is 0 Å². The van der Waals surface area contributed by atoms with Gasteiger partial charge in [0.2, 0.25) is 0 Å². The number of primary amides is 1. The molecule has 3 nitrogen and oxygen atoms in total. The molecule has 3 N–H and O–H groups in total. The van der Waals surface area contributed by atoms with Gasteiger partial charge in [-0.05, 0) is 6.08 Å². The van der Waals surface area contributed by atoms with E-state index in [1.54, 1.807) is 18.2 Å². The van der Waals surface area contributed by atoms with Gasteiger partial charge in [-0.2, -0.15) is 0 Å². The normalized spacial score (nSPS) is 30.5. The summed E-state index contributed by atoms with van der Waals surface area (Å²) in [5.41, 5.74) is 3.48. The van der Waals surface area contributed by atoms with E-state index in [2.05, 4.69) is 0 Å². The minimum absolute atomic E-state index is 0.277. The molecule has 0 spiro atoms. The Kier molecular flexibility index (Phi) is 1.59. The molecule has 1 unspecified atom stereocenters. The highest BCUT2D eigenvalue weighted by atomic mass is 16.3. The molecule has 0 heterocycles. The molecule has 0 aliphatic heterocycles. The lowest BCUT2D eigenvalue weighted by atomic mass is 9.95. The van der Waals surface area contributed by atoms with Gasteiger partial charge in [0.25, 0.3) is 5.91 Å². The number of carbonyl (C=O) groups is 1. The highest BCUT2D eigenvalue weighted by molar-refractivity contribution is 5.86. The lowest BCUT2D eigenvalue weighted by Crippen LogP contribution is -2.42. The fraction of sp³-hybridized carbons (Fsp3) is 0.286. The van der Waals surface area contributed by atoms with E-state index in [9.17, 15) is 9.90 Å². The second-order valence-electron chi connectivity index (χ2n) is 2.28. The molecule has 54 valence electrons. The molecular formula is C7H9NO2. The van der Waals surface area contributed by atoms with Gasteiger partial charge in [-0.1, -0.05) is 18.2 Å². The summed E-state index contributed by atoms with van der Waals surface area (Å²) >= 11 is 0. The number of hydrogen-bond donors (Lipinski definition) is 2. The Hall–Kier alpha value is -1.09. The minimum Gasteiger partial charge on any atom is -0.376 e. The molecule has 10 heavy (non-hydrogen) atoms. The summed E-state index contributed by atoms with van der Waals surface area (Å²) in [5, 5.41) is 9.34. The molecule has 3 heteroatoms. The van der Waals surface area contributed by atoms with Gasteiger partial charge in [0, 0.05) is 6.42 Å². The number of rotatable bonds is 1. The Morgan fingerprint density at radius 1 is 1.60 bits per heavy atom. The van der Waals surface area contributed by atoms with Crippen LogP contribution in [-0.4, -0.2) is 16.6 Å². The van der Waals surface area contributed by atoms with Crippen LogP contribution >= 0.6 is 0 Å². The van der Waals surface area contributed by atoms with Crippen LogP contribution in [0.15, 0.2) is 24.3 Å². The van der Waals surface area contributed by atoms with Crippen LogP contribution in [0.4, 0.5) is 0 Å². The number of hydrogen-bond acceptors (Lipinski definition) is 2. The zero-order valence-corrected chi connectivity index (χ0v) is 5.45. The van der Waals surface area contributed by atoms with Gasteiger partial charge in [-0.15, -0.1) is 0 Å². The molecule has 0 radical (unpaired) electrons. The molecule has 0 saturated carbocycles. The largest absolute Gasteiger partial charge is 0.376 e. The minimum atomic E-state index is -1.45. The predicted molar refractivity (Wildman–Crippen MR) is 37.0 cm³/mol. The van der Waals surface area contributed by atoms with Crippen LogP contribution in [0.25, 0.3) is 0 Å². The molecule has 0 aromatic carbocycles. The first-order chi connectivity index (χ1) is 4.65. The zero-order valence-electron chi connectivity index (χ0n) is 5.45. The van der Waals surface area contributed by atoms with Crippen molar-refractivity contribution in [3.8, 4) is 0 Å². The topological polar surface area (TPSA) is 63.3 Å². The number of aliphatic hydroxyl groups is 1. The Morgan fingerprint density at radius 2 is 2.30 bits per heavy atom. The van der Waals surface area contributed by atoms with Crippen LogP contribution in [0, 0.1) is 0 Å². The number of amides is 1. The van der Waals surface area contributed by atoms with Crippen molar-refractivity contribution >= 4 is 5.91 Å². The molecule has 0 bridgehead atoms. The third-order valence-corrected chi connectivity index (χ3v) is 1.47. The molecule has 0 aromatic rings. The lowest BCUT2D eigenvalue weighted by molar-refractivity contribution is -0.131. The van der Waals surface area contributed by atoms with Gasteiger partial charge in [-0.25, -0.2) is 0 Å². The molecule has 1 atom stereocenters. The molecule has 1 rings (SSSR count). The van der Waals surface area contributed by atoms with Gasteiger partial charge in [0.05, 0.1) is 0 Å². The quantitative estimate of drug-likeness (QED) is 0.524. The van der Waals surface area contributed by atoms with E-state index in [0.717, 1.165) is 0 Å². The van der Waals surface area contributed by atoms with Gasteiger partial charge < -0.3 is 10.8 Å². The SMILES string of the molecule is NC(=O)C1(O)C=CC=CC1. The third-order valence-electron chi connectivity index (χ3n) is 1.47. The third kappa shape index (κ3) is 1.09. The maximum atomic E-state index is 10.6. The van der Waals surface area contributed by atoms with Crippen molar-refractivity contribution in [2.24, 2.45) is 5.73 Å². The van der Waals surface area contributed by atoms with Crippen LogP contribution in [0.2, 0.25) is 0 Å². The first-order valence-electron chi connectivity index (χ1n) is 3.02. The molecule has 0 saturated heterocycles. The molecular weight excluding hydrogens is 130 g/mol. The van der Waals surface area contributed by atoms with Gasteiger partial charge in [0.15, 0.2) is 5.60 Å². The zero-order chi connectivity index (χ0) is 7.61. The van der Waals surface area contributed by atoms with Crippen LogP contribution in [0.1, 0.15) is 6.42 Å². The summed E-state index contributed by atoms with van der Waals surface area (Å²) < 4.78 is 0. The summed E-state index contributed by atoms with van der Waals surface area (Å²) in [4.78, 5) is 10.6.